The summed E-state index contributed by atoms with van der Waals surface area (Å²) in [6.07, 6.45) is 3.13. The summed E-state index contributed by atoms with van der Waals surface area (Å²) in [6.45, 7) is 10.00. The van der Waals surface area contributed by atoms with Crippen LogP contribution in [0.25, 0.3) is 11.1 Å². The second-order valence-electron chi connectivity index (χ2n) is 16.2. The van der Waals surface area contributed by atoms with Gasteiger partial charge in [-0.05, 0) is 77.8 Å². The molecule has 9 heteroatoms. The van der Waals surface area contributed by atoms with E-state index >= 15 is 0 Å². The van der Waals surface area contributed by atoms with Gasteiger partial charge in [0.05, 0.1) is 26.4 Å². The van der Waals surface area contributed by atoms with Crippen LogP contribution in [-0.2, 0) is 22.5 Å². The molecule has 0 aromatic heterocycles. The van der Waals surface area contributed by atoms with Crippen molar-refractivity contribution in [1.29, 1.82) is 0 Å². The molecule has 2 bridgehead atoms. The highest BCUT2D eigenvalue weighted by Gasteiger charge is 2.56. The first-order chi connectivity index (χ1) is 24.4. The second-order valence-corrected chi connectivity index (χ2v) is 16.2. The van der Waals surface area contributed by atoms with Gasteiger partial charge in [-0.15, -0.1) is 0 Å². The molecule has 2 amide bonds. The Hall–Kier alpha value is -4.08. The van der Waals surface area contributed by atoms with Crippen LogP contribution in [0.15, 0.2) is 60.7 Å². The molecule has 0 radical (unpaired) electrons. The third kappa shape index (κ3) is 6.83. The van der Waals surface area contributed by atoms with Crippen LogP contribution in [0.5, 0.6) is 5.75 Å². The van der Waals surface area contributed by atoms with Gasteiger partial charge in [0.2, 0.25) is 5.91 Å². The molecular weight excluding hydrogens is 638 g/mol. The Morgan fingerprint density at radius 2 is 1.84 bits per heavy atom. The van der Waals surface area contributed by atoms with Gasteiger partial charge in [0.15, 0.2) is 0 Å². The summed E-state index contributed by atoms with van der Waals surface area (Å²) in [5.74, 6) is 2.52. The summed E-state index contributed by atoms with van der Waals surface area (Å²) < 4.78 is 12.0. The lowest BCUT2D eigenvalue weighted by Crippen LogP contribution is -2.63. The number of amides is 2. The van der Waals surface area contributed by atoms with E-state index in [0.717, 1.165) is 47.5 Å². The molecule has 3 aromatic carbocycles. The molecule has 8 rings (SSSR count). The van der Waals surface area contributed by atoms with Gasteiger partial charge in [0.25, 0.3) is 5.91 Å². The number of carbonyl (C=O) groups is 2. The minimum Gasteiger partial charge on any atom is -0.496 e. The highest BCUT2D eigenvalue weighted by Crippen LogP contribution is 2.61. The minimum atomic E-state index is -0.372. The van der Waals surface area contributed by atoms with Crippen molar-refractivity contribution >= 4 is 23.2 Å². The van der Waals surface area contributed by atoms with Gasteiger partial charge in [0, 0.05) is 74.9 Å². The van der Waals surface area contributed by atoms with Crippen LogP contribution in [0.3, 0.4) is 0 Å². The Bertz CT molecular complexity index is 1770. The van der Waals surface area contributed by atoms with Crippen molar-refractivity contribution in [2.45, 2.75) is 64.7 Å². The van der Waals surface area contributed by atoms with Gasteiger partial charge in [-0.2, -0.15) is 0 Å². The Kier molecular flexibility index (Phi) is 9.80. The van der Waals surface area contributed by atoms with E-state index in [1.807, 2.05) is 43.3 Å². The molecule has 2 N–H and O–H groups in total. The first-order valence-electron chi connectivity index (χ1n) is 18.6. The zero-order valence-electron chi connectivity index (χ0n) is 31.4. The average molecular weight is 694 g/mol. The SMILES string of the molecule is COc1c(CN2CCOC[C@H]2C(=O)N[C@H]2C[C@H]3C[C@@H]([C@@H]2C)C3(C)C)cccc1-c1cc(C(=O)N[C@H]2Cc3ccccc3N(C)C2)cc(N(C)C)c1. The summed E-state index contributed by atoms with van der Waals surface area (Å²) >= 11 is 0. The number of ether oxygens (including phenoxy) is 2. The van der Waals surface area contributed by atoms with E-state index in [9.17, 15) is 9.59 Å². The Labute approximate surface area is 303 Å². The van der Waals surface area contributed by atoms with Gasteiger partial charge >= 0.3 is 0 Å². The number of anilines is 2. The largest absolute Gasteiger partial charge is 0.496 e. The third-order valence-electron chi connectivity index (χ3n) is 12.6. The average Bonchev–Trinajstić information content (AvgIpc) is 3.12. The Morgan fingerprint density at radius 3 is 2.59 bits per heavy atom. The molecule has 272 valence electrons. The number of benzene rings is 3. The number of hydrogen-bond acceptors (Lipinski definition) is 7. The van der Waals surface area contributed by atoms with Crippen molar-refractivity contribution in [3.05, 3.63) is 77.4 Å². The van der Waals surface area contributed by atoms with E-state index in [1.165, 1.54) is 17.7 Å². The fourth-order valence-corrected chi connectivity index (χ4v) is 9.42. The minimum absolute atomic E-state index is 0.000690. The summed E-state index contributed by atoms with van der Waals surface area (Å²) in [7, 11) is 7.75. The third-order valence-corrected chi connectivity index (χ3v) is 12.6. The van der Waals surface area contributed by atoms with Gasteiger partial charge in [-0.1, -0.05) is 57.2 Å². The maximum Gasteiger partial charge on any atom is 0.251 e. The van der Waals surface area contributed by atoms with Crippen molar-refractivity contribution in [2.75, 3.05) is 64.4 Å². The number of likely N-dealkylation sites (N-methyl/N-ethyl adjacent to an activating group) is 1. The van der Waals surface area contributed by atoms with Crippen molar-refractivity contribution in [3.63, 3.8) is 0 Å². The molecule has 5 aliphatic rings. The van der Waals surface area contributed by atoms with Crippen LogP contribution < -0.4 is 25.2 Å². The number of methoxy groups -OCH3 is 1. The topological polar surface area (TPSA) is 86.4 Å². The molecule has 0 unspecified atom stereocenters. The van der Waals surface area contributed by atoms with Crippen LogP contribution >= 0.6 is 0 Å². The number of morpholine rings is 1. The number of para-hydroxylation sites is 2. The summed E-state index contributed by atoms with van der Waals surface area (Å²) in [5.41, 5.74) is 7.17. The number of rotatable bonds is 9. The molecule has 1 saturated heterocycles. The van der Waals surface area contributed by atoms with Gasteiger partial charge in [-0.3, -0.25) is 14.5 Å². The monoisotopic (exact) mass is 693 g/mol. The van der Waals surface area contributed by atoms with E-state index in [1.54, 1.807) is 7.11 Å². The summed E-state index contributed by atoms with van der Waals surface area (Å²) in [5, 5.41) is 6.77. The smallest absolute Gasteiger partial charge is 0.251 e. The number of hydrogen-bond donors (Lipinski definition) is 2. The molecule has 2 aliphatic heterocycles. The second kappa shape index (κ2) is 14.2. The van der Waals surface area contributed by atoms with Crippen LogP contribution in [0.4, 0.5) is 11.4 Å². The Balaban J connectivity index is 1.10. The highest BCUT2D eigenvalue weighted by atomic mass is 16.5. The summed E-state index contributed by atoms with van der Waals surface area (Å²) in [6, 6.07) is 20.4. The molecule has 2 heterocycles. The predicted octanol–water partition coefficient (Wildman–Crippen LogP) is 5.61. The molecule has 6 atom stereocenters. The van der Waals surface area contributed by atoms with E-state index in [4.69, 9.17) is 9.47 Å². The summed E-state index contributed by atoms with van der Waals surface area (Å²) in [4.78, 5) is 34.2. The normalized spacial score (nSPS) is 26.8. The van der Waals surface area contributed by atoms with Crippen LogP contribution in [-0.4, -0.2) is 89.4 Å². The lowest BCUT2D eigenvalue weighted by Gasteiger charge is -2.62. The lowest BCUT2D eigenvalue weighted by atomic mass is 9.45. The van der Waals surface area contributed by atoms with E-state index in [2.05, 4.69) is 84.7 Å². The maximum absolute atomic E-state index is 13.9. The molecule has 9 nitrogen and oxygen atoms in total. The lowest BCUT2D eigenvalue weighted by molar-refractivity contribution is -0.142. The molecule has 4 fully saturated rings. The van der Waals surface area contributed by atoms with E-state index in [-0.39, 0.29) is 29.9 Å². The molecule has 51 heavy (non-hydrogen) atoms. The van der Waals surface area contributed by atoms with Crippen molar-refractivity contribution in [2.24, 2.45) is 23.2 Å². The predicted molar refractivity (Wildman–Crippen MR) is 204 cm³/mol. The maximum atomic E-state index is 13.9. The molecule has 3 saturated carbocycles. The number of fused-ring (bicyclic) bond motifs is 3. The zero-order valence-corrected chi connectivity index (χ0v) is 31.4. The Morgan fingerprint density at radius 1 is 1.04 bits per heavy atom. The van der Waals surface area contributed by atoms with Crippen molar-refractivity contribution in [1.82, 2.24) is 15.5 Å². The fourth-order valence-electron chi connectivity index (χ4n) is 9.42. The van der Waals surface area contributed by atoms with Gasteiger partial charge in [-0.25, -0.2) is 0 Å². The molecular formula is C42H55N5O4. The van der Waals surface area contributed by atoms with Gasteiger partial charge in [0.1, 0.15) is 11.8 Å². The zero-order chi connectivity index (χ0) is 36.0. The van der Waals surface area contributed by atoms with Crippen molar-refractivity contribution < 1.29 is 19.1 Å². The van der Waals surface area contributed by atoms with E-state index in [0.29, 0.717) is 55.0 Å². The van der Waals surface area contributed by atoms with Crippen LogP contribution in [0.1, 0.15) is 55.1 Å². The first-order valence-corrected chi connectivity index (χ1v) is 18.6. The highest BCUT2D eigenvalue weighted by molar-refractivity contribution is 5.97. The van der Waals surface area contributed by atoms with Gasteiger partial charge < -0.3 is 29.9 Å². The van der Waals surface area contributed by atoms with Crippen LogP contribution in [0, 0.1) is 23.2 Å². The van der Waals surface area contributed by atoms with E-state index < -0.39 is 0 Å². The number of nitrogens with one attached hydrogen (secondary N) is 2. The fraction of sp³-hybridized carbons (Fsp3) is 0.524. The molecule has 0 spiro atoms. The standard InChI is InChI=1S/C42H55N5O4/c1-26-35-21-31(42(35,2)3)22-36(26)44-41(49)38-25-51-16-15-47(38)23-28-12-10-13-34(39(28)50-7)29-17-30(20-33(19-29)45(4)5)40(48)43-32-18-27-11-8-9-14-37(27)46(6)24-32/h8-14,17,19-20,26,31-32,35-36,38H,15-16,18,21-25H2,1-7H3,(H,43,48)(H,44,49)/t26-,31+,32-,35-,36-,38-/m0/s1. The quantitative estimate of drug-likeness (QED) is 0.302. The number of nitrogens with zero attached hydrogens (tertiary/aromatic N) is 3. The molecule has 3 aromatic rings. The number of carbonyl (C=O) groups excluding carboxylic acids is 2. The first kappa shape index (κ1) is 35.3. The van der Waals surface area contributed by atoms with Crippen LogP contribution in [0.2, 0.25) is 0 Å². The molecule has 3 aliphatic carbocycles. The van der Waals surface area contributed by atoms with Crippen molar-refractivity contribution in [3.8, 4) is 16.9 Å².